The quantitative estimate of drug-likeness (QED) is 0.823. The molecule has 2 aromatic carbocycles. The number of phenols is 1. The first-order chi connectivity index (χ1) is 11.7. The van der Waals surface area contributed by atoms with E-state index in [1.165, 1.54) is 0 Å². The van der Waals surface area contributed by atoms with Gasteiger partial charge in [0.15, 0.2) is 0 Å². The number of allylic oxidation sites excluding steroid dienone is 3. The Kier molecular flexibility index (Phi) is 4.96. The SMILES string of the molecule is CC1=C(/C=C\CC=O)Sc2ccccc2C(c2ccccc2O)=N1. The van der Waals surface area contributed by atoms with Crippen molar-refractivity contribution in [3.05, 3.63) is 82.4 Å². The van der Waals surface area contributed by atoms with Gasteiger partial charge in [-0.05, 0) is 31.2 Å². The van der Waals surface area contributed by atoms with Crippen molar-refractivity contribution >= 4 is 23.8 Å². The number of thioether (sulfide) groups is 1. The third kappa shape index (κ3) is 3.34. The predicted molar refractivity (Wildman–Crippen MR) is 98.6 cm³/mol. The highest BCUT2D eigenvalue weighted by Crippen LogP contribution is 2.38. The van der Waals surface area contributed by atoms with E-state index in [0.29, 0.717) is 12.0 Å². The molecule has 1 heterocycles. The molecule has 3 rings (SSSR count). The van der Waals surface area contributed by atoms with Crippen LogP contribution in [0.2, 0.25) is 0 Å². The van der Waals surface area contributed by atoms with Crippen molar-refractivity contribution in [2.24, 2.45) is 4.99 Å². The first kappa shape index (κ1) is 16.3. The van der Waals surface area contributed by atoms with Gasteiger partial charge >= 0.3 is 0 Å². The molecule has 0 aromatic heterocycles. The summed E-state index contributed by atoms with van der Waals surface area (Å²) in [6, 6.07) is 15.2. The van der Waals surface area contributed by atoms with Crippen LogP contribution < -0.4 is 0 Å². The molecule has 0 spiro atoms. The number of aldehydes is 1. The minimum Gasteiger partial charge on any atom is -0.507 e. The molecule has 0 atom stereocenters. The van der Waals surface area contributed by atoms with Gasteiger partial charge in [-0.2, -0.15) is 0 Å². The van der Waals surface area contributed by atoms with Crippen molar-refractivity contribution in [1.82, 2.24) is 0 Å². The van der Waals surface area contributed by atoms with Gasteiger partial charge in [-0.25, -0.2) is 0 Å². The highest BCUT2D eigenvalue weighted by molar-refractivity contribution is 8.03. The normalized spacial score (nSPS) is 14.3. The topological polar surface area (TPSA) is 49.7 Å². The fourth-order valence-corrected chi connectivity index (χ4v) is 3.51. The number of carbonyl (C=O) groups is 1. The second-order valence-corrected chi connectivity index (χ2v) is 6.41. The standard InChI is InChI=1S/C20H17NO2S/c1-14-18(11-6-7-13-22)24-19-12-5-3-9-16(19)20(21-14)15-8-2-4-10-17(15)23/h2-6,8-13,23H,7H2,1H3/b11-6-. The second-order valence-electron chi connectivity index (χ2n) is 5.33. The van der Waals surface area contributed by atoms with Crippen LogP contribution in [0, 0.1) is 0 Å². The number of aromatic hydroxyl groups is 1. The summed E-state index contributed by atoms with van der Waals surface area (Å²) in [6.07, 6.45) is 5.03. The van der Waals surface area contributed by atoms with E-state index in [2.05, 4.69) is 0 Å². The molecule has 2 aromatic rings. The van der Waals surface area contributed by atoms with Crippen LogP contribution in [0.3, 0.4) is 0 Å². The van der Waals surface area contributed by atoms with E-state index in [1.54, 1.807) is 23.9 Å². The van der Waals surface area contributed by atoms with Gasteiger partial charge in [-0.15, -0.1) is 0 Å². The second kappa shape index (κ2) is 7.32. The van der Waals surface area contributed by atoms with Gasteiger partial charge in [0, 0.05) is 27.3 Å². The highest BCUT2D eigenvalue weighted by atomic mass is 32.2. The Bertz CT molecular complexity index is 865. The Morgan fingerprint density at radius 2 is 1.79 bits per heavy atom. The minimum absolute atomic E-state index is 0.212. The molecule has 1 aliphatic heterocycles. The van der Waals surface area contributed by atoms with Crippen LogP contribution in [0.4, 0.5) is 0 Å². The molecular weight excluding hydrogens is 318 g/mol. The van der Waals surface area contributed by atoms with Crippen LogP contribution in [-0.4, -0.2) is 17.1 Å². The Morgan fingerprint density at radius 3 is 2.54 bits per heavy atom. The van der Waals surface area contributed by atoms with E-state index in [9.17, 15) is 9.90 Å². The van der Waals surface area contributed by atoms with Crippen molar-refractivity contribution in [2.45, 2.75) is 18.2 Å². The molecule has 1 aliphatic rings. The summed E-state index contributed by atoms with van der Waals surface area (Å²) in [7, 11) is 0. The van der Waals surface area contributed by atoms with E-state index in [0.717, 1.165) is 33.1 Å². The summed E-state index contributed by atoms with van der Waals surface area (Å²) in [5, 5.41) is 10.2. The maximum Gasteiger partial charge on any atom is 0.124 e. The summed E-state index contributed by atoms with van der Waals surface area (Å²) in [4.78, 5) is 17.4. The van der Waals surface area contributed by atoms with Gasteiger partial charge in [-0.1, -0.05) is 48.2 Å². The van der Waals surface area contributed by atoms with Crippen molar-refractivity contribution in [2.75, 3.05) is 0 Å². The number of carbonyl (C=O) groups excluding carboxylic acids is 1. The number of rotatable bonds is 4. The van der Waals surface area contributed by atoms with E-state index < -0.39 is 0 Å². The van der Waals surface area contributed by atoms with Gasteiger partial charge < -0.3 is 9.90 Å². The fourth-order valence-electron chi connectivity index (χ4n) is 2.49. The Hall–Kier alpha value is -2.59. The molecule has 4 heteroatoms. The maximum atomic E-state index is 10.5. The summed E-state index contributed by atoms with van der Waals surface area (Å²) >= 11 is 1.62. The average Bonchev–Trinajstić information content (AvgIpc) is 2.73. The van der Waals surface area contributed by atoms with Crippen molar-refractivity contribution in [3.8, 4) is 5.75 Å². The van der Waals surface area contributed by atoms with Gasteiger partial charge in [0.1, 0.15) is 12.0 Å². The lowest BCUT2D eigenvalue weighted by molar-refractivity contribution is -0.107. The van der Waals surface area contributed by atoms with Gasteiger partial charge in [0.25, 0.3) is 0 Å². The lowest BCUT2D eigenvalue weighted by atomic mass is 10.0. The molecule has 24 heavy (non-hydrogen) atoms. The number of para-hydroxylation sites is 1. The smallest absolute Gasteiger partial charge is 0.124 e. The van der Waals surface area contributed by atoms with E-state index in [1.807, 2.05) is 55.5 Å². The number of nitrogens with zero attached hydrogens (tertiary/aromatic N) is 1. The number of hydrogen-bond acceptors (Lipinski definition) is 4. The van der Waals surface area contributed by atoms with Crippen molar-refractivity contribution in [1.29, 1.82) is 0 Å². The molecule has 0 unspecified atom stereocenters. The Morgan fingerprint density at radius 1 is 1.08 bits per heavy atom. The maximum absolute atomic E-state index is 10.5. The minimum atomic E-state index is 0.212. The summed E-state index contributed by atoms with van der Waals surface area (Å²) in [5.41, 5.74) is 3.31. The molecule has 0 fully saturated rings. The first-order valence-electron chi connectivity index (χ1n) is 7.66. The zero-order chi connectivity index (χ0) is 16.9. The summed E-state index contributed by atoms with van der Waals surface area (Å²) in [5.74, 6) is 0.212. The van der Waals surface area contributed by atoms with Gasteiger partial charge in [0.05, 0.1) is 11.4 Å². The summed E-state index contributed by atoms with van der Waals surface area (Å²) < 4.78 is 0. The molecule has 1 N–H and O–H groups in total. The molecule has 3 nitrogen and oxygen atoms in total. The third-order valence-electron chi connectivity index (χ3n) is 3.66. The molecule has 0 saturated heterocycles. The summed E-state index contributed by atoms with van der Waals surface area (Å²) in [6.45, 7) is 1.94. The fraction of sp³-hybridized carbons (Fsp3) is 0.100. The Labute approximate surface area is 145 Å². The van der Waals surface area contributed by atoms with Gasteiger partial charge in [0.2, 0.25) is 0 Å². The highest BCUT2D eigenvalue weighted by Gasteiger charge is 2.19. The molecular formula is C20H17NO2S. The third-order valence-corrected chi connectivity index (χ3v) is 4.89. The van der Waals surface area contributed by atoms with Crippen LogP contribution in [0.15, 0.2) is 81.2 Å². The number of benzene rings is 2. The molecule has 0 amide bonds. The van der Waals surface area contributed by atoms with Crippen LogP contribution in [0.1, 0.15) is 24.5 Å². The van der Waals surface area contributed by atoms with Crippen molar-refractivity contribution < 1.29 is 9.90 Å². The number of phenolic OH excluding ortho intramolecular Hbond substituents is 1. The van der Waals surface area contributed by atoms with Crippen LogP contribution in [0.25, 0.3) is 0 Å². The van der Waals surface area contributed by atoms with Crippen LogP contribution in [-0.2, 0) is 4.79 Å². The van der Waals surface area contributed by atoms with Gasteiger partial charge in [-0.3, -0.25) is 4.99 Å². The molecule has 0 radical (unpaired) electrons. The monoisotopic (exact) mass is 335 g/mol. The molecule has 0 bridgehead atoms. The van der Waals surface area contributed by atoms with Crippen molar-refractivity contribution in [3.63, 3.8) is 0 Å². The number of aliphatic imine (C=N–C) groups is 1. The van der Waals surface area contributed by atoms with Crippen LogP contribution in [0.5, 0.6) is 5.75 Å². The lowest BCUT2D eigenvalue weighted by Gasteiger charge is -2.10. The van der Waals surface area contributed by atoms with Crippen LogP contribution >= 0.6 is 11.8 Å². The largest absolute Gasteiger partial charge is 0.507 e. The number of hydrogen-bond donors (Lipinski definition) is 1. The van der Waals surface area contributed by atoms with E-state index in [4.69, 9.17) is 4.99 Å². The lowest BCUT2D eigenvalue weighted by Crippen LogP contribution is -2.04. The Balaban J connectivity index is 2.17. The zero-order valence-electron chi connectivity index (χ0n) is 13.3. The first-order valence-corrected chi connectivity index (χ1v) is 8.47. The van der Waals surface area contributed by atoms with E-state index in [-0.39, 0.29) is 5.75 Å². The molecule has 0 aliphatic carbocycles. The molecule has 120 valence electrons. The molecule has 0 saturated carbocycles. The average molecular weight is 335 g/mol. The predicted octanol–water partition coefficient (Wildman–Crippen LogP) is 4.71. The van der Waals surface area contributed by atoms with E-state index >= 15 is 0 Å². The zero-order valence-corrected chi connectivity index (χ0v) is 14.1. The number of fused-ring (bicyclic) bond motifs is 1.